The summed E-state index contributed by atoms with van der Waals surface area (Å²) in [7, 11) is -2.04. The van der Waals surface area contributed by atoms with Crippen molar-refractivity contribution >= 4 is 51.3 Å². The Morgan fingerprint density at radius 2 is 1.58 bits per heavy atom. The molecule has 0 atom stereocenters. The second-order valence-corrected chi connectivity index (χ2v) is 8.19. The third kappa shape index (κ3) is 6.13. The lowest BCUT2D eigenvalue weighted by atomic mass is 10.1. The maximum Gasteiger partial charge on any atom is 0.345 e. The Morgan fingerprint density at radius 1 is 1.00 bits per heavy atom. The first-order valence-electron chi connectivity index (χ1n) is 8.67. The van der Waals surface area contributed by atoms with Crippen LogP contribution in [-0.4, -0.2) is 41.2 Å². The molecule has 0 radical (unpaired) electrons. The van der Waals surface area contributed by atoms with E-state index in [1.807, 2.05) is 0 Å². The number of ether oxygens (including phenoxy) is 3. The van der Waals surface area contributed by atoms with Crippen LogP contribution in [0.2, 0.25) is 10.0 Å². The van der Waals surface area contributed by atoms with Gasteiger partial charge in [-0.2, -0.15) is 8.42 Å². The van der Waals surface area contributed by atoms with E-state index in [2.05, 4.69) is 9.47 Å². The number of benzene rings is 2. The monoisotopic (exact) mass is 488 g/mol. The number of rotatable bonds is 8. The van der Waals surface area contributed by atoms with Crippen LogP contribution in [0.3, 0.4) is 0 Å². The van der Waals surface area contributed by atoms with Crippen molar-refractivity contribution in [2.45, 2.75) is 11.8 Å². The Labute approximate surface area is 189 Å². The fourth-order valence-electron chi connectivity index (χ4n) is 2.36. The summed E-state index contributed by atoms with van der Waals surface area (Å²) >= 11 is 12.0. The van der Waals surface area contributed by atoms with Gasteiger partial charge in [0, 0.05) is 5.02 Å². The van der Waals surface area contributed by atoms with Gasteiger partial charge in [-0.3, -0.25) is 0 Å². The highest BCUT2D eigenvalue weighted by Gasteiger charge is 2.24. The topological polar surface area (TPSA) is 105 Å². The zero-order valence-corrected chi connectivity index (χ0v) is 19.0. The second-order valence-electron chi connectivity index (χ2n) is 5.80. The number of carbonyl (C=O) groups is 2. The minimum atomic E-state index is -4.25. The summed E-state index contributed by atoms with van der Waals surface area (Å²) in [6.07, 6.45) is 1.17. The van der Waals surface area contributed by atoms with Gasteiger partial charge in [-0.05, 0) is 55.0 Å². The summed E-state index contributed by atoms with van der Waals surface area (Å²) < 4.78 is 45.1. The van der Waals surface area contributed by atoms with Gasteiger partial charge in [-0.15, -0.1) is 0 Å². The molecule has 0 fully saturated rings. The molecule has 0 aromatic heterocycles. The van der Waals surface area contributed by atoms with Crippen LogP contribution in [0.25, 0.3) is 6.08 Å². The molecular formula is C20H18Cl2O8S. The highest BCUT2D eigenvalue weighted by molar-refractivity contribution is 7.87. The molecule has 0 unspecified atom stereocenters. The average molecular weight is 489 g/mol. The largest absolute Gasteiger partial charge is 0.490 e. The van der Waals surface area contributed by atoms with Crippen molar-refractivity contribution in [2.75, 3.05) is 20.8 Å². The van der Waals surface area contributed by atoms with E-state index in [0.717, 1.165) is 14.2 Å². The first-order valence-corrected chi connectivity index (χ1v) is 10.8. The molecule has 2 aromatic carbocycles. The van der Waals surface area contributed by atoms with E-state index in [1.165, 1.54) is 42.5 Å². The fourth-order valence-corrected chi connectivity index (χ4v) is 3.75. The van der Waals surface area contributed by atoms with Crippen LogP contribution in [-0.2, 0) is 29.2 Å². The van der Waals surface area contributed by atoms with Crippen LogP contribution in [0.4, 0.5) is 0 Å². The predicted octanol–water partition coefficient (Wildman–Crippen LogP) is 3.89. The zero-order chi connectivity index (χ0) is 23.2. The molecule has 2 aromatic rings. The maximum absolute atomic E-state index is 12.6. The summed E-state index contributed by atoms with van der Waals surface area (Å²) in [5, 5.41) is 0.221. The Bertz CT molecular complexity index is 1090. The van der Waals surface area contributed by atoms with E-state index in [4.69, 9.17) is 32.1 Å². The van der Waals surface area contributed by atoms with Crippen LogP contribution in [0.5, 0.6) is 11.5 Å². The van der Waals surface area contributed by atoms with Crippen LogP contribution in [0.1, 0.15) is 12.5 Å². The van der Waals surface area contributed by atoms with Crippen molar-refractivity contribution in [3.8, 4) is 11.5 Å². The lowest BCUT2D eigenvalue weighted by Crippen LogP contribution is -2.15. The minimum Gasteiger partial charge on any atom is -0.490 e. The molecule has 2 rings (SSSR count). The summed E-state index contributed by atoms with van der Waals surface area (Å²) in [4.78, 5) is 23.6. The van der Waals surface area contributed by atoms with Crippen LogP contribution in [0.15, 0.2) is 46.9 Å². The van der Waals surface area contributed by atoms with E-state index in [1.54, 1.807) is 6.92 Å². The highest BCUT2D eigenvalue weighted by Crippen LogP contribution is 2.39. The third-order valence-electron chi connectivity index (χ3n) is 3.75. The second kappa shape index (κ2) is 10.5. The van der Waals surface area contributed by atoms with Gasteiger partial charge in [0.2, 0.25) is 5.75 Å². The van der Waals surface area contributed by atoms with Crippen molar-refractivity contribution in [3.05, 3.63) is 57.6 Å². The third-order valence-corrected chi connectivity index (χ3v) is 5.52. The molecule has 0 amide bonds. The Hall–Kier alpha value is -2.75. The van der Waals surface area contributed by atoms with Crippen molar-refractivity contribution in [2.24, 2.45) is 0 Å². The van der Waals surface area contributed by atoms with Gasteiger partial charge in [0.05, 0.1) is 25.8 Å². The number of halogens is 2. The quantitative estimate of drug-likeness (QED) is 0.181. The first kappa shape index (κ1) is 24.5. The van der Waals surface area contributed by atoms with E-state index < -0.39 is 27.6 Å². The lowest BCUT2D eigenvalue weighted by Gasteiger charge is -2.14. The molecule has 0 bridgehead atoms. The molecule has 31 heavy (non-hydrogen) atoms. The molecule has 0 heterocycles. The van der Waals surface area contributed by atoms with Gasteiger partial charge in [0.1, 0.15) is 10.5 Å². The molecule has 8 nitrogen and oxygen atoms in total. The molecule has 0 saturated heterocycles. The number of esters is 2. The van der Waals surface area contributed by atoms with E-state index in [-0.39, 0.29) is 33.6 Å². The molecule has 0 aliphatic heterocycles. The van der Waals surface area contributed by atoms with E-state index in [0.29, 0.717) is 5.02 Å². The number of methoxy groups -OCH3 is 2. The van der Waals surface area contributed by atoms with Crippen LogP contribution in [0, 0.1) is 0 Å². The van der Waals surface area contributed by atoms with Crippen molar-refractivity contribution in [3.63, 3.8) is 0 Å². The number of carbonyl (C=O) groups excluding carboxylic acids is 2. The van der Waals surface area contributed by atoms with Crippen LogP contribution < -0.4 is 8.92 Å². The first-order chi connectivity index (χ1) is 14.6. The normalized spacial score (nSPS) is 10.7. The smallest absolute Gasteiger partial charge is 0.345 e. The average Bonchev–Trinajstić information content (AvgIpc) is 2.73. The van der Waals surface area contributed by atoms with Crippen molar-refractivity contribution in [1.29, 1.82) is 0 Å². The van der Waals surface area contributed by atoms with E-state index in [9.17, 15) is 18.0 Å². The summed E-state index contributed by atoms with van der Waals surface area (Å²) in [5.74, 6) is -2.13. The van der Waals surface area contributed by atoms with Gasteiger partial charge in [-0.1, -0.05) is 23.2 Å². The number of hydrogen-bond acceptors (Lipinski definition) is 8. The minimum absolute atomic E-state index is 0.0205. The molecule has 11 heteroatoms. The molecule has 0 N–H and O–H groups in total. The molecule has 0 aliphatic carbocycles. The Morgan fingerprint density at radius 3 is 2.10 bits per heavy atom. The maximum atomic E-state index is 12.6. The van der Waals surface area contributed by atoms with Gasteiger partial charge >= 0.3 is 22.1 Å². The predicted molar refractivity (Wildman–Crippen MR) is 114 cm³/mol. The Kier molecular flexibility index (Phi) is 8.32. The van der Waals surface area contributed by atoms with Gasteiger partial charge < -0.3 is 18.4 Å². The molecular weight excluding hydrogens is 471 g/mol. The zero-order valence-electron chi connectivity index (χ0n) is 16.7. The molecule has 166 valence electrons. The fraction of sp³-hybridized carbons (Fsp3) is 0.200. The van der Waals surface area contributed by atoms with Crippen LogP contribution >= 0.6 is 23.2 Å². The van der Waals surface area contributed by atoms with Crippen molar-refractivity contribution in [1.82, 2.24) is 0 Å². The molecule has 0 saturated carbocycles. The highest BCUT2D eigenvalue weighted by atomic mass is 35.5. The SMILES string of the molecule is CCOc1cc(C=C(C(=O)OC)C(=O)OC)cc(Cl)c1OS(=O)(=O)c1ccc(Cl)cc1. The number of hydrogen-bond donors (Lipinski definition) is 0. The lowest BCUT2D eigenvalue weighted by molar-refractivity contribution is -0.143. The summed E-state index contributed by atoms with van der Waals surface area (Å²) in [6, 6.07) is 8.01. The Balaban J connectivity index is 2.53. The molecule has 0 spiro atoms. The van der Waals surface area contributed by atoms with Gasteiger partial charge in [0.25, 0.3) is 0 Å². The van der Waals surface area contributed by atoms with Gasteiger partial charge in [0.15, 0.2) is 5.75 Å². The van der Waals surface area contributed by atoms with Crippen molar-refractivity contribution < 1.29 is 36.4 Å². The summed E-state index contributed by atoms with van der Waals surface area (Å²) in [6.45, 7) is 1.82. The standard InChI is InChI=1S/C20H18Cl2O8S/c1-4-29-17-11-12(9-15(19(23)27-2)20(24)28-3)10-16(22)18(17)30-31(25,26)14-7-5-13(21)6-8-14/h5-11H,4H2,1-3H3. The molecule has 0 aliphatic rings. The summed E-state index contributed by atoms with van der Waals surface area (Å²) in [5.41, 5.74) is -0.151. The van der Waals surface area contributed by atoms with Gasteiger partial charge in [-0.25, -0.2) is 9.59 Å². The van der Waals surface area contributed by atoms with E-state index >= 15 is 0 Å².